The molecule has 0 spiro atoms. The summed E-state index contributed by atoms with van der Waals surface area (Å²) in [6.07, 6.45) is -6.27. The molecule has 14 heteroatoms. The number of aromatic nitrogens is 1. The highest BCUT2D eigenvalue weighted by atomic mass is 32.1. The Morgan fingerprint density at radius 1 is 0.574 bits per heavy atom. The fourth-order valence-corrected chi connectivity index (χ4v) is 9.94. The molecule has 2 aliphatic carbocycles. The van der Waals surface area contributed by atoms with Crippen LogP contribution in [0.4, 0.5) is 26.3 Å². The lowest BCUT2D eigenvalue weighted by Gasteiger charge is -2.07. The summed E-state index contributed by atoms with van der Waals surface area (Å²) in [6.45, 7) is 0. The predicted octanol–water partition coefficient (Wildman–Crippen LogP) is 9.32. The number of carbonyl (C=O) groups excluding carboxylic acids is 4. The lowest BCUT2D eigenvalue weighted by molar-refractivity contribution is -0.138. The van der Waals surface area contributed by atoms with Gasteiger partial charge >= 0.3 is 12.4 Å². The average Bonchev–Trinajstić information content (AvgIpc) is 3.82. The summed E-state index contributed by atoms with van der Waals surface area (Å²) in [4.78, 5) is 51.9. The van der Waals surface area contributed by atoms with Crippen LogP contribution in [0.25, 0.3) is 53.1 Å². The van der Waals surface area contributed by atoms with E-state index in [4.69, 9.17) is 0 Å². The number of benzene rings is 2. The molecule has 8 rings (SSSR count). The SMILES string of the molecule is Cn1c2cc(/C=C3\C(=O)C(=O)c4cc(C(F)(F)F)ccc43)sc2c2sc3cc(/C=C4\C(=O)C(=O)c5cc(C(F)(F)F)ccc54)sc3c21. The van der Waals surface area contributed by atoms with Gasteiger partial charge in [-0.1, -0.05) is 12.1 Å². The minimum Gasteiger partial charge on any atom is -0.341 e. The Morgan fingerprint density at radius 2 is 1.06 bits per heavy atom. The van der Waals surface area contributed by atoms with Gasteiger partial charge in [-0.2, -0.15) is 26.3 Å². The molecule has 2 aliphatic rings. The zero-order valence-electron chi connectivity index (χ0n) is 23.3. The molecule has 0 atom stereocenters. The largest absolute Gasteiger partial charge is 0.416 e. The summed E-state index contributed by atoms with van der Waals surface area (Å²) in [7, 11) is 1.85. The van der Waals surface area contributed by atoms with Crippen molar-refractivity contribution in [1.29, 1.82) is 0 Å². The molecule has 0 amide bonds. The van der Waals surface area contributed by atoms with Crippen LogP contribution in [0.2, 0.25) is 0 Å². The summed E-state index contributed by atoms with van der Waals surface area (Å²) in [5.41, 5.74) is -0.462. The first-order valence-electron chi connectivity index (χ1n) is 13.6. The minimum atomic E-state index is -4.66. The third kappa shape index (κ3) is 4.35. The summed E-state index contributed by atoms with van der Waals surface area (Å²) >= 11 is 4.21. The first-order chi connectivity index (χ1) is 22.1. The van der Waals surface area contributed by atoms with Gasteiger partial charge in [-0.25, -0.2) is 0 Å². The van der Waals surface area contributed by atoms with Crippen LogP contribution in [0.1, 0.15) is 52.7 Å². The number of Topliss-reactive ketones (excluding diaryl/α,β-unsaturated/α-hetero) is 4. The van der Waals surface area contributed by atoms with E-state index < -0.39 is 46.6 Å². The van der Waals surface area contributed by atoms with Gasteiger partial charge in [-0.3, -0.25) is 19.2 Å². The lowest BCUT2D eigenvalue weighted by atomic mass is 10.0. The third-order valence-electron chi connectivity index (χ3n) is 8.23. The predicted molar refractivity (Wildman–Crippen MR) is 169 cm³/mol. The normalized spacial score (nSPS) is 17.1. The quantitative estimate of drug-likeness (QED) is 0.103. The van der Waals surface area contributed by atoms with Gasteiger partial charge in [0.05, 0.1) is 36.3 Å². The summed E-state index contributed by atoms with van der Waals surface area (Å²) < 4.78 is 84.8. The Bertz CT molecular complexity index is 2530. The molecular formula is C33H13F6NO4S3. The minimum absolute atomic E-state index is 0.0301. The molecule has 5 nitrogen and oxygen atoms in total. The molecule has 47 heavy (non-hydrogen) atoms. The maximum atomic E-state index is 13.2. The third-order valence-corrected chi connectivity index (χ3v) is 11.8. The van der Waals surface area contributed by atoms with Crippen LogP contribution in [-0.4, -0.2) is 27.7 Å². The molecule has 0 saturated carbocycles. The highest BCUT2D eigenvalue weighted by molar-refractivity contribution is 7.35. The monoisotopic (exact) mass is 697 g/mol. The molecule has 2 aromatic carbocycles. The van der Waals surface area contributed by atoms with E-state index in [0.717, 1.165) is 54.1 Å². The zero-order valence-corrected chi connectivity index (χ0v) is 25.8. The van der Waals surface area contributed by atoms with Gasteiger partial charge in [0, 0.05) is 43.8 Å². The number of allylic oxidation sites excluding steroid dienone is 2. The molecule has 0 aliphatic heterocycles. The number of rotatable bonds is 2. The number of hydrogen-bond donors (Lipinski definition) is 0. The van der Waals surface area contributed by atoms with Crippen molar-refractivity contribution in [2.45, 2.75) is 12.4 Å². The van der Waals surface area contributed by atoms with Crippen molar-refractivity contribution in [3.63, 3.8) is 0 Å². The Labute approximate surface area is 270 Å². The number of nitrogens with zero attached hydrogens (tertiary/aromatic N) is 1. The van der Waals surface area contributed by atoms with Crippen molar-refractivity contribution >= 4 is 110 Å². The van der Waals surface area contributed by atoms with Crippen molar-refractivity contribution in [2.75, 3.05) is 0 Å². The van der Waals surface area contributed by atoms with E-state index >= 15 is 0 Å². The van der Waals surface area contributed by atoms with Crippen LogP contribution in [0.5, 0.6) is 0 Å². The van der Waals surface area contributed by atoms with E-state index in [0.29, 0.717) is 21.9 Å². The number of alkyl halides is 6. The maximum absolute atomic E-state index is 13.2. The van der Waals surface area contributed by atoms with Crippen molar-refractivity contribution < 1.29 is 45.5 Å². The van der Waals surface area contributed by atoms with E-state index in [2.05, 4.69) is 0 Å². The summed E-state index contributed by atoms with van der Waals surface area (Å²) in [6, 6.07) is 9.06. The highest BCUT2D eigenvalue weighted by Crippen LogP contribution is 2.48. The Balaban J connectivity index is 1.17. The van der Waals surface area contributed by atoms with Crippen LogP contribution >= 0.6 is 34.0 Å². The van der Waals surface area contributed by atoms with Gasteiger partial charge in [0.25, 0.3) is 0 Å². The average molecular weight is 698 g/mol. The Hall–Kier alpha value is -4.66. The fraction of sp³-hybridized carbons (Fsp3) is 0.0909. The highest BCUT2D eigenvalue weighted by Gasteiger charge is 2.39. The van der Waals surface area contributed by atoms with Crippen LogP contribution in [-0.2, 0) is 29.0 Å². The van der Waals surface area contributed by atoms with E-state index in [9.17, 15) is 45.5 Å². The number of aryl methyl sites for hydroxylation is 1. The van der Waals surface area contributed by atoms with Crippen molar-refractivity contribution in [3.05, 3.63) is 91.7 Å². The van der Waals surface area contributed by atoms with Crippen LogP contribution in [0, 0.1) is 0 Å². The summed E-state index contributed by atoms with van der Waals surface area (Å²) in [5, 5.41) is 0. The molecule has 0 N–H and O–H groups in total. The molecular weight excluding hydrogens is 685 g/mol. The van der Waals surface area contributed by atoms with E-state index in [1.165, 1.54) is 46.2 Å². The fourth-order valence-electron chi connectivity index (χ4n) is 6.02. The molecule has 4 aromatic heterocycles. The van der Waals surface area contributed by atoms with Crippen molar-refractivity contribution in [2.24, 2.45) is 7.05 Å². The van der Waals surface area contributed by atoms with Crippen molar-refractivity contribution in [1.82, 2.24) is 4.57 Å². The van der Waals surface area contributed by atoms with E-state index in [1.807, 2.05) is 23.7 Å². The van der Waals surface area contributed by atoms with Crippen LogP contribution in [0.15, 0.2) is 48.5 Å². The van der Waals surface area contributed by atoms with E-state index in [-0.39, 0.29) is 33.4 Å². The standard InChI is InChI=1S/C33H13F6NO4S3/c1-40-22-10-14(8-20-16-4-2-12(32(34,35)36)6-18(16)25(41)27(20)43)45-29(22)31-24(40)30-23(47-31)11-15(46-30)9-21-17-5-3-13(33(37,38)39)7-19(17)26(42)28(21)44/h2-11H,1H3/b20-8-,21-9-. The van der Waals surface area contributed by atoms with Gasteiger partial charge in [0.2, 0.25) is 23.1 Å². The second-order valence-electron chi connectivity index (χ2n) is 11.0. The topological polar surface area (TPSA) is 73.2 Å². The first kappa shape index (κ1) is 29.7. The van der Waals surface area contributed by atoms with Gasteiger partial charge in [0.1, 0.15) is 0 Å². The van der Waals surface area contributed by atoms with E-state index in [1.54, 1.807) is 0 Å². The molecule has 0 saturated heterocycles. The van der Waals surface area contributed by atoms with Gasteiger partial charge in [0.15, 0.2) is 0 Å². The number of fused-ring (bicyclic) bond motifs is 7. The second kappa shape index (κ2) is 9.69. The summed E-state index contributed by atoms with van der Waals surface area (Å²) in [5.74, 6) is -3.70. The van der Waals surface area contributed by atoms with Crippen LogP contribution < -0.4 is 0 Å². The van der Waals surface area contributed by atoms with Gasteiger partial charge in [-0.15, -0.1) is 34.0 Å². The number of ketones is 4. The Morgan fingerprint density at radius 3 is 1.57 bits per heavy atom. The van der Waals surface area contributed by atoms with Crippen LogP contribution in [0.3, 0.4) is 0 Å². The Kier molecular flexibility index (Phi) is 6.13. The van der Waals surface area contributed by atoms with Gasteiger partial charge < -0.3 is 4.57 Å². The molecule has 4 heterocycles. The van der Waals surface area contributed by atoms with Crippen molar-refractivity contribution in [3.8, 4) is 0 Å². The zero-order chi connectivity index (χ0) is 33.3. The number of carbonyl (C=O) groups is 4. The maximum Gasteiger partial charge on any atom is 0.416 e. The number of hydrogen-bond acceptors (Lipinski definition) is 7. The lowest BCUT2D eigenvalue weighted by Crippen LogP contribution is -2.08. The second-order valence-corrected chi connectivity index (χ2v) is 14.2. The molecule has 0 radical (unpaired) electrons. The first-order valence-corrected chi connectivity index (χ1v) is 16.1. The number of thiophene rings is 3. The molecule has 0 fully saturated rings. The molecule has 6 aromatic rings. The smallest absolute Gasteiger partial charge is 0.341 e. The molecule has 0 unspecified atom stereocenters. The molecule has 234 valence electrons. The van der Waals surface area contributed by atoms with Gasteiger partial charge in [-0.05, 0) is 59.7 Å². The molecule has 0 bridgehead atoms. The number of halogens is 6.